The lowest BCUT2D eigenvalue weighted by Gasteiger charge is -2.03. The molecule has 0 atom stereocenters. The number of hydrogen-bond acceptors (Lipinski definition) is 2. The van der Waals surface area contributed by atoms with E-state index in [0.717, 1.165) is 22.4 Å². The van der Waals surface area contributed by atoms with Crippen LogP contribution in [0.25, 0.3) is 11.6 Å². The minimum atomic E-state index is -0.910. The van der Waals surface area contributed by atoms with Gasteiger partial charge in [0.25, 0.3) is 0 Å². The van der Waals surface area contributed by atoms with Crippen molar-refractivity contribution in [2.75, 3.05) is 5.73 Å². The maximum absolute atomic E-state index is 10.8. The molecule has 2 aromatic rings. The summed E-state index contributed by atoms with van der Waals surface area (Å²) < 4.78 is 0. The van der Waals surface area contributed by atoms with Gasteiger partial charge in [-0.3, -0.25) is 0 Å². The van der Waals surface area contributed by atoms with E-state index in [1.807, 2.05) is 49.4 Å². The van der Waals surface area contributed by atoms with Crippen molar-refractivity contribution in [1.82, 2.24) is 0 Å². The van der Waals surface area contributed by atoms with Gasteiger partial charge in [0, 0.05) is 5.69 Å². The Bertz CT molecular complexity index is 610. The minimum Gasteiger partial charge on any atom is -0.478 e. The average Bonchev–Trinajstić information content (AvgIpc) is 2.41. The number of carboxylic acids is 1. The molecule has 0 bridgehead atoms. The molecular formula is C16H15NO2. The van der Waals surface area contributed by atoms with Crippen LogP contribution in [-0.2, 0) is 0 Å². The van der Waals surface area contributed by atoms with E-state index in [0.29, 0.717) is 5.56 Å². The van der Waals surface area contributed by atoms with Crippen molar-refractivity contribution in [3.63, 3.8) is 0 Å². The van der Waals surface area contributed by atoms with Gasteiger partial charge in [0.15, 0.2) is 0 Å². The highest BCUT2D eigenvalue weighted by molar-refractivity contribution is 5.88. The van der Waals surface area contributed by atoms with E-state index in [1.165, 1.54) is 0 Å². The maximum atomic E-state index is 10.8. The number of allylic oxidation sites excluding steroid dienone is 1. The van der Waals surface area contributed by atoms with Gasteiger partial charge in [0.2, 0.25) is 0 Å². The molecule has 0 saturated heterocycles. The molecule has 0 aliphatic carbocycles. The van der Waals surface area contributed by atoms with Gasteiger partial charge in [-0.05, 0) is 47.9 Å². The van der Waals surface area contributed by atoms with Gasteiger partial charge in [0.1, 0.15) is 0 Å². The Kier molecular flexibility index (Phi) is 3.66. The molecule has 0 aromatic heterocycles. The number of carbonyl (C=O) groups is 1. The van der Waals surface area contributed by atoms with Crippen molar-refractivity contribution in [3.05, 3.63) is 65.2 Å². The first kappa shape index (κ1) is 12.9. The summed E-state index contributed by atoms with van der Waals surface area (Å²) in [6, 6.07) is 14.4. The summed E-state index contributed by atoms with van der Waals surface area (Å²) >= 11 is 0. The van der Waals surface area contributed by atoms with Gasteiger partial charge < -0.3 is 10.8 Å². The van der Waals surface area contributed by atoms with Crippen molar-refractivity contribution >= 4 is 23.3 Å². The third-order valence-corrected chi connectivity index (χ3v) is 2.91. The predicted molar refractivity (Wildman–Crippen MR) is 77.8 cm³/mol. The third-order valence-electron chi connectivity index (χ3n) is 2.91. The quantitative estimate of drug-likeness (QED) is 0.649. The molecule has 0 fully saturated rings. The lowest BCUT2D eigenvalue weighted by Crippen LogP contribution is -1.95. The Morgan fingerprint density at radius 2 is 1.53 bits per heavy atom. The fourth-order valence-electron chi connectivity index (χ4n) is 1.80. The highest BCUT2D eigenvalue weighted by atomic mass is 16.4. The Hall–Kier alpha value is -2.55. The zero-order chi connectivity index (χ0) is 13.8. The lowest BCUT2D eigenvalue weighted by atomic mass is 10.0. The molecule has 2 aromatic carbocycles. The average molecular weight is 253 g/mol. The Balaban J connectivity index is 2.25. The number of hydrogen-bond donors (Lipinski definition) is 2. The van der Waals surface area contributed by atoms with Crippen LogP contribution >= 0.6 is 0 Å². The van der Waals surface area contributed by atoms with Crippen molar-refractivity contribution in [2.24, 2.45) is 0 Å². The first-order valence-electron chi connectivity index (χ1n) is 5.94. The van der Waals surface area contributed by atoms with Gasteiger partial charge in [-0.15, -0.1) is 0 Å². The molecule has 0 heterocycles. The van der Waals surface area contributed by atoms with E-state index in [1.54, 1.807) is 12.1 Å². The summed E-state index contributed by atoms with van der Waals surface area (Å²) in [5.41, 5.74) is 9.81. The molecule has 0 unspecified atom stereocenters. The van der Waals surface area contributed by atoms with Crippen molar-refractivity contribution < 1.29 is 9.90 Å². The van der Waals surface area contributed by atoms with Crippen LogP contribution in [0.15, 0.2) is 48.5 Å². The predicted octanol–water partition coefficient (Wildman–Crippen LogP) is 3.53. The molecule has 0 saturated carbocycles. The lowest BCUT2D eigenvalue weighted by molar-refractivity contribution is 0.0697. The SMILES string of the molecule is CC(=Cc1ccc(N)cc1)c1ccc(C(=O)O)cc1. The molecule has 0 aliphatic rings. The van der Waals surface area contributed by atoms with Crippen LogP contribution in [0.2, 0.25) is 0 Å². The Morgan fingerprint density at radius 3 is 2.05 bits per heavy atom. The molecule has 19 heavy (non-hydrogen) atoms. The monoisotopic (exact) mass is 253 g/mol. The number of nitrogen functional groups attached to an aromatic ring is 1. The number of aromatic carboxylic acids is 1. The summed E-state index contributed by atoms with van der Waals surface area (Å²) in [4.78, 5) is 10.8. The largest absolute Gasteiger partial charge is 0.478 e. The second kappa shape index (κ2) is 5.40. The molecule has 3 heteroatoms. The number of carboxylic acid groups (broad SMARTS) is 1. The zero-order valence-corrected chi connectivity index (χ0v) is 10.6. The summed E-state index contributed by atoms with van der Waals surface area (Å²) in [5.74, 6) is -0.910. The van der Waals surface area contributed by atoms with Crippen LogP contribution in [0.4, 0.5) is 5.69 Å². The molecule has 0 radical (unpaired) electrons. The van der Waals surface area contributed by atoms with Crippen LogP contribution in [0.3, 0.4) is 0 Å². The second-order valence-electron chi connectivity index (χ2n) is 4.38. The van der Waals surface area contributed by atoms with Gasteiger partial charge >= 0.3 is 5.97 Å². The normalized spacial score (nSPS) is 11.3. The van der Waals surface area contributed by atoms with Gasteiger partial charge in [-0.1, -0.05) is 30.3 Å². The number of nitrogens with two attached hydrogens (primary N) is 1. The molecule has 0 amide bonds. The molecule has 0 spiro atoms. The fourth-order valence-corrected chi connectivity index (χ4v) is 1.80. The second-order valence-corrected chi connectivity index (χ2v) is 4.38. The van der Waals surface area contributed by atoms with E-state index >= 15 is 0 Å². The Labute approximate surface area is 112 Å². The third kappa shape index (κ3) is 3.22. The molecule has 3 nitrogen and oxygen atoms in total. The standard InChI is InChI=1S/C16H15NO2/c1-11(10-12-2-8-15(17)9-3-12)13-4-6-14(7-5-13)16(18)19/h2-10H,17H2,1H3,(H,18,19). The van der Waals surface area contributed by atoms with Crippen LogP contribution in [-0.4, -0.2) is 11.1 Å². The summed E-state index contributed by atoms with van der Waals surface area (Å²) in [6.45, 7) is 1.99. The van der Waals surface area contributed by atoms with Crippen LogP contribution in [0, 0.1) is 0 Å². The highest BCUT2D eigenvalue weighted by Gasteiger charge is 2.02. The first-order chi connectivity index (χ1) is 9.06. The van der Waals surface area contributed by atoms with Crippen LogP contribution in [0.1, 0.15) is 28.4 Å². The fraction of sp³-hybridized carbons (Fsp3) is 0.0625. The topological polar surface area (TPSA) is 63.3 Å². The van der Waals surface area contributed by atoms with Gasteiger partial charge in [-0.25, -0.2) is 4.79 Å². The molecule has 0 aliphatic heterocycles. The number of anilines is 1. The van der Waals surface area contributed by atoms with Crippen LogP contribution < -0.4 is 5.73 Å². The smallest absolute Gasteiger partial charge is 0.335 e. The minimum absolute atomic E-state index is 0.295. The van der Waals surface area contributed by atoms with E-state index in [4.69, 9.17) is 10.8 Å². The number of benzene rings is 2. The summed E-state index contributed by atoms with van der Waals surface area (Å²) in [5, 5.41) is 8.85. The van der Waals surface area contributed by atoms with Crippen molar-refractivity contribution in [2.45, 2.75) is 6.92 Å². The van der Waals surface area contributed by atoms with Crippen molar-refractivity contribution in [1.29, 1.82) is 0 Å². The zero-order valence-electron chi connectivity index (χ0n) is 10.6. The van der Waals surface area contributed by atoms with Crippen molar-refractivity contribution in [3.8, 4) is 0 Å². The first-order valence-corrected chi connectivity index (χ1v) is 5.94. The van der Waals surface area contributed by atoms with Gasteiger partial charge in [-0.2, -0.15) is 0 Å². The molecular weight excluding hydrogens is 238 g/mol. The van der Waals surface area contributed by atoms with E-state index < -0.39 is 5.97 Å². The maximum Gasteiger partial charge on any atom is 0.335 e. The van der Waals surface area contributed by atoms with E-state index in [-0.39, 0.29) is 0 Å². The van der Waals surface area contributed by atoms with Gasteiger partial charge in [0.05, 0.1) is 5.56 Å². The number of rotatable bonds is 3. The molecule has 2 rings (SSSR count). The molecule has 3 N–H and O–H groups in total. The summed E-state index contributed by atoms with van der Waals surface area (Å²) in [6.07, 6.45) is 2.04. The van der Waals surface area contributed by atoms with E-state index in [2.05, 4.69) is 0 Å². The van der Waals surface area contributed by atoms with E-state index in [9.17, 15) is 4.79 Å². The Morgan fingerprint density at radius 1 is 1.00 bits per heavy atom. The molecule has 96 valence electrons. The highest BCUT2D eigenvalue weighted by Crippen LogP contribution is 2.19. The summed E-state index contributed by atoms with van der Waals surface area (Å²) in [7, 11) is 0. The van der Waals surface area contributed by atoms with Crippen LogP contribution in [0.5, 0.6) is 0 Å².